The number of halogens is 1. The van der Waals surface area contributed by atoms with Gasteiger partial charge >= 0.3 is 0 Å². The number of nitrogen functional groups attached to an aromatic ring is 1. The summed E-state index contributed by atoms with van der Waals surface area (Å²) in [5, 5.41) is 5.45. The van der Waals surface area contributed by atoms with Crippen molar-refractivity contribution in [3.05, 3.63) is 58.9 Å². The van der Waals surface area contributed by atoms with Gasteiger partial charge in [0.2, 0.25) is 11.8 Å². The molecule has 2 heterocycles. The maximum Gasteiger partial charge on any atom is 0.255 e. The third kappa shape index (κ3) is 3.17. The molecule has 0 saturated carbocycles. The van der Waals surface area contributed by atoms with Gasteiger partial charge < -0.3 is 16.0 Å². The molecule has 0 unspecified atom stereocenters. The van der Waals surface area contributed by atoms with Crippen LogP contribution in [0.3, 0.4) is 0 Å². The van der Waals surface area contributed by atoms with Crippen LogP contribution >= 0.6 is 0 Å². The Morgan fingerprint density at radius 1 is 1.21 bits per heavy atom. The van der Waals surface area contributed by atoms with Crippen LogP contribution in [0.2, 0.25) is 0 Å². The minimum absolute atomic E-state index is 0.205. The molecule has 1 fully saturated rings. The highest BCUT2D eigenvalue weighted by Gasteiger charge is 2.39. The summed E-state index contributed by atoms with van der Waals surface area (Å²) in [6, 6.07) is 8.96. The lowest BCUT2D eigenvalue weighted by molar-refractivity contribution is -0.136. The number of nitrogens with one attached hydrogen (secondary N) is 2. The van der Waals surface area contributed by atoms with E-state index in [1.54, 1.807) is 18.2 Å². The van der Waals surface area contributed by atoms with Crippen molar-refractivity contribution in [3.63, 3.8) is 0 Å². The fourth-order valence-corrected chi connectivity index (χ4v) is 3.67. The Morgan fingerprint density at radius 3 is 2.82 bits per heavy atom. The van der Waals surface area contributed by atoms with E-state index < -0.39 is 11.9 Å². The molecule has 8 heteroatoms. The number of benzene rings is 2. The fraction of sp³-hybridized carbons (Fsp3) is 0.250. The second-order valence-electron chi connectivity index (χ2n) is 6.94. The van der Waals surface area contributed by atoms with E-state index in [1.807, 2.05) is 6.07 Å². The molecule has 3 amide bonds. The zero-order chi connectivity index (χ0) is 19.8. The molecule has 144 valence electrons. The number of anilines is 2. The summed E-state index contributed by atoms with van der Waals surface area (Å²) in [7, 11) is 0. The summed E-state index contributed by atoms with van der Waals surface area (Å²) in [4.78, 5) is 37.8. The second-order valence-corrected chi connectivity index (χ2v) is 6.94. The van der Waals surface area contributed by atoms with Gasteiger partial charge in [-0.3, -0.25) is 19.7 Å². The number of hydrogen-bond acceptors (Lipinski definition) is 5. The highest BCUT2D eigenvalue weighted by molar-refractivity contribution is 6.06. The molecule has 0 aromatic heterocycles. The molecule has 0 aliphatic carbocycles. The van der Waals surface area contributed by atoms with Crippen LogP contribution in [0.1, 0.15) is 34.3 Å². The van der Waals surface area contributed by atoms with Crippen LogP contribution in [-0.2, 0) is 22.7 Å². The summed E-state index contributed by atoms with van der Waals surface area (Å²) < 4.78 is 14.0. The first-order valence-corrected chi connectivity index (χ1v) is 8.98. The molecule has 0 spiro atoms. The number of nitrogens with two attached hydrogens (primary N) is 1. The normalized spacial score (nSPS) is 18.8. The summed E-state index contributed by atoms with van der Waals surface area (Å²) in [5.41, 5.74) is 8.56. The molecule has 4 rings (SSSR count). The highest BCUT2D eigenvalue weighted by atomic mass is 19.1. The van der Waals surface area contributed by atoms with Gasteiger partial charge in [-0.25, -0.2) is 4.39 Å². The van der Waals surface area contributed by atoms with Crippen LogP contribution in [0, 0.1) is 5.82 Å². The van der Waals surface area contributed by atoms with Crippen LogP contribution in [-0.4, -0.2) is 28.7 Å². The van der Waals surface area contributed by atoms with Crippen molar-refractivity contribution >= 4 is 29.1 Å². The van der Waals surface area contributed by atoms with Crippen molar-refractivity contribution in [2.24, 2.45) is 0 Å². The molecule has 7 nitrogen and oxygen atoms in total. The lowest BCUT2D eigenvalue weighted by Crippen LogP contribution is -2.52. The summed E-state index contributed by atoms with van der Waals surface area (Å²) in [5.74, 6) is -1.38. The smallest absolute Gasteiger partial charge is 0.255 e. The number of rotatable bonds is 4. The van der Waals surface area contributed by atoms with Crippen LogP contribution in [0.5, 0.6) is 0 Å². The third-order valence-corrected chi connectivity index (χ3v) is 5.12. The van der Waals surface area contributed by atoms with Gasteiger partial charge in [0.05, 0.1) is 0 Å². The lowest BCUT2D eigenvalue weighted by Gasteiger charge is -2.29. The average Bonchev–Trinajstić information content (AvgIpc) is 3.00. The van der Waals surface area contributed by atoms with Crippen molar-refractivity contribution in [2.75, 3.05) is 11.1 Å². The van der Waals surface area contributed by atoms with Gasteiger partial charge in [0.15, 0.2) is 0 Å². The first kappa shape index (κ1) is 18.0. The van der Waals surface area contributed by atoms with Crippen molar-refractivity contribution in [1.82, 2.24) is 10.2 Å². The SMILES string of the molecule is Nc1ccc(F)c(CNc2cccc3c2CN([C@H]2CCC(=O)NC2=O)C3=O)c1. The van der Waals surface area contributed by atoms with E-state index in [2.05, 4.69) is 10.6 Å². The molecule has 4 N–H and O–H groups in total. The molecular formula is C20H19FN4O3. The monoisotopic (exact) mass is 382 g/mol. The van der Waals surface area contributed by atoms with Crippen LogP contribution in [0.25, 0.3) is 0 Å². The Labute approximate surface area is 160 Å². The number of amides is 3. The molecule has 0 radical (unpaired) electrons. The van der Waals surface area contributed by atoms with Gasteiger partial charge in [0, 0.05) is 47.6 Å². The van der Waals surface area contributed by atoms with Crippen molar-refractivity contribution in [1.29, 1.82) is 0 Å². The number of carbonyl (C=O) groups excluding carboxylic acids is 3. The third-order valence-electron chi connectivity index (χ3n) is 5.12. The predicted molar refractivity (Wildman–Crippen MR) is 101 cm³/mol. The Hall–Kier alpha value is -3.42. The zero-order valence-corrected chi connectivity index (χ0v) is 15.0. The highest BCUT2D eigenvalue weighted by Crippen LogP contribution is 2.32. The minimum atomic E-state index is -0.670. The van der Waals surface area contributed by atoms with Gasteiger partial charge in [-0.2, -0.15) is 0 Å². The Morgan fingerprint density at radius 2 is 2.04 bits per heavy atom. The average molecular weight is 382 g/mol. The van der Waals surface area contributed by atoms with Crippen molar-refractivity contribution < 1.29 is 18.8 Å². The molecule has 1 atom stereocenters. The standard InChI is InChI=1S/C20H19FN4O3/c21-15-5-4-12(22)8-11(15)9-23-16-3-1-2-13-14(16)10-25(20(13)28)17-6-7-18(26)24-19(17)27/h1-5,8,17,23H,6-7,9-10,22H2,(H,24,26,27)/t17-/m0/s1. The first-order chi connectivity index (χ1) is 13.4. The number of hydrogen-bond donors (Lipinski definition) is 3. The molecule has 2 aliphatic heterocycles. The van der Waals surface area contributed by atoms with Gasteiger partial charge in [-0.15, -0.1) is 0 Å². The summed E-state index contributed by atoms with van der Waals surface area (Å²) in [6.45, 7) is 0.461. The molecule has 2 aromatic rings. The maximum atomic E-state index is 14.0. The summed E-state index contributed by atoms with van der Waals surface area (Å²) >= 11 is 0. The quantitative estimate of drug-likeness (QED) is 0.552. The van der Waals surface area contributed by atoms with Gasteiger partial charge in [-0.05, 0) is 36.8 Å². The van der Waals surface area contributed by atoms with Gasteiger partial charge in [-0.1, -0.05) is 6.07 Å². The number of piperidine rings is 1. The number of fused-ring (bicyclic) bond motifs is 1. The summed E-state index contributed by atoms with van der Waals surface area (Å²) in [6.07, 6.45) is 0.512. The first-order valence-electron chi connectivity index (χ1n) is 8.98. The maximum absolute atomic E-state index is 14.0. The Bertz CT molecular complexity index is 991. The molecule has 1 saturated heterocycles. The van der Waals surface area contributed by atoms with E-state index in [9.17, 15) is 18.8 Å². The zero-order valence-electron chi connectivity index (χ0n) is 15.0. The van der Waals surface area contributed by atoms with Crippen molar-refractivity contribution in [2.45, 2.75) is 32.0 Å². The van der Waals surface area contributed by atoms with Crippen LogP contribution in [0.15, 0.2) is 36.4 Å². The van der Waals surface area contributed by atoms with E-state index in [4.69, 9.17) is 5.73 Å². The van der Waals surface area contributed by atoms with E-state index in [-0.39, 0.29) is 37.1 Å². The van der Waals surface area contributed by atoms with E-state index in [0.717, 1.165) is 5.56 Å². The van der Waals surface area contributed by atoms with Gasteiger partial charge in [0.1, 0.15) is 11.9 Å². The topological polar surface area (TPSA) is 105 Å². The second kappa shape index (κ2) is 6.95. The molecule has 28 heavy (non-hydrogen) atoms. The minimum Gasteiger partial charge on any atom is -0.399 e. The lowest BCUT2D eigenvalue weighted by atomic mass is 10.0. The van der Waals surface area contributed by atoms with Crippen LogP contribution < -0.4 is 16.4 Å². The largest absolute Gasteiger partial charge is 0.399 e. The fourth-order valence-electron chi connectivity index (χ4n) is 3.67. The number of nitrogens with zero attached hydrogens (tertiary/aromatic N) is 1. The number of carbonyl (C=O) groups is 3. The van der Waals surface area contributed by atoms with Crippen molar-refractivity contribution in [3.8, 4) is 0 Å². The Balaban J connectivity index is 1.55. The van der Waals surface area contributed by atoms with Crippen LogP contribution in [0.4, 0.5) is 15.8 Å². The van der Waals surface area contributed by atoms with E-state index in [1.165, 1.54) is 17.0 Å². The molecule has 2 aliphatic rings. The predicted octanol–water partition coefficient (Wildman–Crippen LogP) is 1.78. The molecular weight excluding hydrogens is 363 g/mol. The van der Waals surface area contributed by atoms with E-state index in [0.29, 0.717) is 28.9 Å². The van der Waals surface area contributed by atoms with Gasteiger partial charge in [0.25, 0.3) is 5.91 Å². The Kier molecular flexibility index (Phi) is 4.46. The number of imide groups is 1. The van der Waals surface area contributed by atoms with E-state index >= 15 is 0 Å². The molecule has 2 aromatic carbocycles. The molecule has 0 bridgehead atoms.